The van der Waals surface area contributed by atoms with Crippen LogP contribution in [0.25, 0.3) is 16.9 Å². The summed E-state index contributed by atoms with van der Waals surface area (Å²) in [6.45, 7) is 6.74. The standard InChI is InChI=1S/C18H20N2O2/c1-4-22-17-9-12(2)15(8-13(17)3)16-10-20-7-5-6-14(11-21)18(20)19-16/h5-10,21H,4,11H2,1-3H3. The summed E-state index contributed by atoms with van der Waals surface area (Å²) in [4.78, 5) is 4.69. The maximum atomic E-state index is 9.44. The van der Waals surface area contributed by atoms with Crippen molar-refractivity contribution >= 4 is 5.65 Å². The zero-order valence-corrected chi connectivity index (χ0v) is 13.1. The maximum absolute atomic E-state index is 9.44. The van der Waals surface area contributed by atoms with Gasteiger partial charge < -0.3 is 14.2 Å². The molecule has 0 amide bonds. The Morgan fingerprint density at radius 2 is 2.05 bits per heavy atom. The summed E-state index contributed by atoms with van der Waals surface area (Å²) in [5, 5.41) is 9.44. The van der Waals surface area contributed by atoms with Crippen LogP contribution in [0.3, 0.4) is 0 Å². The predicted octanol–water partition coefficient (Wildman–Crippen LogP) is 3.51. The number of aliphatic hydroxyl groups excluding tert-OH is 1. The lowest BCUT2D eigenvalue weighted by molar-refractivity contribution is 0.282. The molecular weight excluding hydrogens is 276 g/mol. The quantitative estimate of drug-likeness (QED) is 0.801. The van der Waals surface area contributed by atoms with E-state index in [1.54, 1.807) is 0 Å². The molecule has 22 heavy (non-hydrogen) atoms. The first-order chi connectivity index (χ1) is 10.6. The largest absolute Gasteiger partial charge is 0.494 e. The van der Waals surface area contributed by atoms with Crippen molar-refractivity contribution < 1.29 is 9.84 Å². The average molecular weight is 296 g/mol. The summed E-state index contributed by atoms with van der Waals surface area (Å²) in [6, 6.07) is 7.98. The number of imidazole rings is 1. The van der Waals surface area contributed by atoms with Gasteiger partial charge in [-0.3, -0.25) is 0 Å². The molecule has 1 N–H and O–H groups in total. The van der Waals surface area contributed by atoms with Crippen molar-refractivity contribution in [3.05, 3.63) is 53.3 Å². The summed E-state index contributed by atoms with van der Waals surface area (Å²) in [5.41, 5.74) is 5.85. The van der Waals surface area contributed by atoms with Crippen molar-refractivity contribution in [1.82, 2.24) is 9.38 Å². The fraction of sp³-hybridized carbons (Fsp3) is 0.278. The number of ether oxygens (including phenoxy) is 1. The van der Waals surface area contributed by atoms with E-state index in [9.17, 15) is 5.11 Å². The van der Waals surface area contributed by atoms with E-state index in [1.165, 1.54) is 0 Å². The molecule has 0 unspecified atom stereocenters. The van der Waals surface area contributed by atoms with Crippen molar-refractivity contribution in [1.29, 1.82) is 0 Å². The first-order valence-electron chi connectivity index (χ1n) is 7.46. The maximum Gasteiger partial charge on any atom is 0.142 e. The first-order valence-corrected chi connectivity index (χ1v) is 7.46. The zero-order chi connectivity index (χ0) is 15.7. The fourth-order valence-electron chi connectivity index (χ4n) is 2.70. The minimum Gasteiger partial charge on any atom is -0.494 e. The topological polar surface area (TPSA) is 46.8 Å². The summed E-state index contributed by atoms with van der Waals surface area (Å²) in [5.74, 6) is 0.920. The van der Waals surface area contributed by atoms with E-state index in [4.69, 9.17) is 9.72 Å². The molecule has 114 valence electrons. The molecule has 0 aliphatic rings. The monoisotopic (exact) mass is 296 g/mol. The third-order valence-corrected chi connectivity index (χ3v) is 3.83. The van der Waals surface area contributed by atoms with E-state index in [1.807, 2.05) is 42.8 Å². The number of hydrogen-bond acceptors (Lipinski definition) is 3. The lowest BCUT2D eigenvalue weighted by Crippen LogP contribution is -1.96. The van der Waals surface area contributed by atoms with Gasteiger partial charge in [-0.05, 0) is 50.1 Å². The Kier molecular flexibility index (Phi) is 3.86. The van der Waals surface area contributed by atoms with Gasteiger partial charge in [-0.1, -0.05) is 6.07 Å². The highest BCUT2D eigenvalue weighted by molar-refractivity contribution is 5.69. The van der Waals surface area contributed by atoms with Crippen molar-refractivity contribution in [2.75, 3.05) is 6.61 Å². The van der Waals surface area contributed by atoms with E-state index < -0.39 is 0 Å². The minimum absolute atomic E-state index is 0.0118. The molecule has 0 aliphatic carbocycles. The second-order valence-corrected chi connectivity index (χ2v) is 5.41. The van der Waals surface area contributed by atoms with Gasteiger partial charge in [0.25, 0.3) is 0 Å². The Morgan fingerprint density at radius 3 is 2.77 bits per heavy atom. The van der Waals surface area contributed by atoms with Crippen LogP contribution >= 0.6 is 0 Å². The van der Waals surface area contributed by atoms with Crippen LogP contribution in [-0.4, -0.2) is 21.1 Å². The van der Waals surface area contributed by atoms with Crippen LogP contribution in [0.5, 0.6) is 5.75 Å². The van der Waals surface area contributed by atoms with Crippen molar-refractivity contribution in [3.8, 4) is 17.0 Å². The van der Waals surface area contributed by atoms with E-state index in [-0.39, 0.29) is 6.61 Å². The summed E-state index contributed by atoms with van der Waals surface area (Å²) >= 11 is 0. The smallest absolute Gasteiger partial charge is 0.142 e. The number of nitrogens with zero attached hydrogens (tertiary/aromatic N) is 2. The number of benzene rings is 1. The average Bonchev–Trinajstić information content (AvgIpc) is 2.94. The number of aryl methyl sites for hydroxylation is 2. The SMILES string of the molecule is CCOc1cc(C)c(-c2cn3cccc(CO)c3n2)cc1C. The summed E-state index contributed by atoms with van der Waals surface area (Å²) in [6.07, 6.45) is 3.94. The molecule has 0 spiro atoms. The molecule has 2 aromatic heterocycles. The van der Waals surface area contributed by atoms with Crippen LogP contribution in [0, 0.1) is 13.8 Å². The number of fused-ring (bicyclic) bond motifs is 1. The number of pyridine rings is 1. The number of aromatic nitrogens is 2. The Labute approximate surface area is 130 Å². The molecule has 0 fully saturated rings. The van der Waals surface area contributed by atoms with Crippen LogP contribution in [-0.2, 0) is 6.61 Å². The normalized spacial score (nSPS) is 11.1. The van der Waals surface area contributed by atoms with Crippen LogP contribution in [0.4, 0.5) is 0 Å². The molecule has 0 saturated heterocycles. The second kappa shape index (κ2) is 5.81. The van der Waals surface area contributed by atoms with Gasteiger partial charge in [0.05, 0.1) is 18.9 Å². The molecule has 4 heteroatoms. The van der Waals surface area contributed by atoms with Gasteiger partial charge in [0.15, 0.2) is 0 Å². The van der Waals surface area contributed by atoms with E-state index in [0.29, 0.717) is 6.61 Å². The zero-order valence-electron chi connectivity index (χ0n) is 13.1. The molecular formula is C18H20N2O2. The Balaban J connectivity index is 2.13. The van der Waals surface area contributed by atoms with Gasteiger partial charge in [0.2, 0.25) is 0 Å². The van der Waals surface area contributed by atoms with Gasteiger partial charge >= 0.3 is 0 Å². The van der Waals surface area contributed by atoms with Crippen molar-refractivity contribution in [2.24, 2.45) is 0 Å². The Hall–Kier alpha value is -2.33. The molecule has 0 bridgehead atoms. The van der Waals surface area contributed by atoms with E-state index in [2.05, 4.69) is 19.1 Å². The van der Waals surface area contributed by atoms with E-state index in [0.717, 1.165) is 39.3 Å². The van der Waals surface area contributed by atoms with Crippen LogP contribution < -0.4 is 4.74 Å². The molecule has 1 aromatic carbocycles. The molecule has 0 saturated carbocycles. The summed E-state index contributed by atoms with van der Waals surface area (Å²) < 4.78 is 7.60. The molecule has 0 radical (unpaired) electrons. The van der Waals surface area contributed by atoms with Crippen molar-refractivity contribution in [3.63, 3.8) is 0 Å². The third-order valence-electron chi connectivity index (χ3n) is 3.83. The first kappa shape index (κ1) is 14.6. The van der Waals surface area contributed by atoms with Crippen LogP contribution in [0.1, 0.15) is 23.6 Å². The molecule has 0 aliphatic heterocycles. The molecule has 0 atom stereocenters. The van der Waals surface area contributed by atoms with Gasteiger partial charge in [0, 0.05) is 23.5 Å². The van der Waals surface area contributed by atoms with Gasteiger partial charge in [0.1, 0.15) is 11.4 Å². The highest BCUT2D eigenvalue weighted by Crippen LogP contribution is 2.30. The van der Waals surface area contributed by atoms with Gasteiger partial charge in [-0.15, -0.1) is 0 Å². The highest BCUT2D eigenvalue weighted by atomic mass is 16.5. The second-order valence-electron chi connectivity index (χ2n) is 5.41. The van der Waals surface area contributed by atoms with Gasteiger partial charge in [-0.25, -0.2) is 4.98 Å². The van der Waals surface area contributed by atoms with Crippen LogP contribution in [0.15, 0.2) is 36.7 Å². The molecule has 2 heterocycles. The number of hydrogen-bond donors (Lipinski definition) is 1. The molecule has 3 aromatic rings. The summed E-state index contributed by atoms with van der Waals surface area (Å²) in [7, 11) is 0. The molecule has 4 nitrogen and oxygen atoms in total. The van der Waals surface area contributed by atoms with Crippen molar-refractivity contribution in [2.45, 2.75) is 27.4 Å². The van der Waals surface area contributed by atoms with E-state index >= 15 is 0 Å². The molecule has 3 rings (SSSR count). The third kappa shape index (κ3) is 2.46. The highest BCUT2D eigenvalue weighted by Gasteiger charge is 2.12. The minimum atomic E-state index is -0.0118. The van der Waals surface area contributed by atoms with Gasteiger partial charge in [-0.2, -0.15) is 0 Å². The lowest BCUT2D eigenvalue weighted by atomic mass is 10.0. The number of aliphatic hydroxyl groups is 1. The Morgan fingerprint density at radius 1 is 1.23 bits per heavy atom. The number of rotatable bonds is 4. The Bertz CT molecular complexity index is 821. The fourth-order valence-corrected chi connectivity index (χ4v) is 2.70. The predicted molar refractivity (Wildman–Crippen MR) is 87.2 cm³/mol. The lowest BCUT2D eigenvalue weighted by Gasteiger charge is -2.11. The van der Waals surface area contributed by atoms with Crippen LogP contribution in [0.2, 0.25) is 0 Å².